The third-order valence-corrected chi connectivity index (χ3v) is 3.25. The maximum absolute atomic E-state index is 2.60. The Morgan fingerprint density at radius 1 is 1.17 bits per heavy atom. The molecule has 1 fully saturated rings. The Hall–Kier alpha value is 0.0249. The van der Waals surface area contributed by atoms with Crippen LogP contribution in [0.25, 0.3) is 0 Å². The maximum Gasteiger partial charge on any atom is 0.136 e. The van der Waals surface area contributed by atoms with Crippen LogP contribution < -0.4 is 0 Å². The Bertz CT molecular complexity index is 110. The topological polar surface area (TPSA) is 3.24 Å². The van der Waals surface area contributed by atoms with Gasteiger partial charge in [-0.1, -0.05) is 19.5 Å². The highest BCUT2D eigenvalue weighted by Crippen LogP contribution is 2.26. The van der Waals surface area contributed by atoms with E-state index in [4.69, 9.17) is 0 Å². The summed E-state index contributed by atoms with van der Waals surface area (Å²) in [5.41, 5.74) is 0. The van der Waals surface area contributed by atoms with E-state index in [1.54, 1.807) is 0 Å². The molecule has 0 aromatic rings. The lowest BCUT2D eigenvalue weighted by Crippen LogP contribution is -2.39. The first-order chi connectivity index (χ1) is 5.61. The highest BCUT2D eigenvalue weighted by Gasteiger charge is 2.23. The Kier molecular flexibility index (Phi) is 3.63. The zero-order valence-corrected chi connectivity index (χ0v) is 9.01. The van der Waals surface area contributed by atoms with Gasteiger partial charge in [0.25, 0.3) is 0 Å². The van der Waals surface area contributed by atoms with Crippen molar-refractivity contribution in [2.75, 3.05) is 13.1 Å². The van der Waals surface area contributed by atoms with Gasteiger partial charge in [0.2, 0.25) is 0 Å². The van der Waals surface area contributed by atoms with Crippen LogP contribution in [-0.2, 0) is 0 Å². The second kappa shape index (κ2) is 4.31. The number of hydrogen-bond donors (Lipinski definition) is 0. The van der Waals surface area contributed by atoms with Crippen LogP contribution in [0.2, 0.25) is 19.5 Å². The Balaban J connectivity index is 2.30. The van der Waals surface area contributed by atoms with Crippen molar-refractivity contribution in [2.24, 2.45) is 0 Å². The molecule has 70 valence electrons. The van der Waals surface area contributed by atoms with Gasteiger partial charge in [0.15, 0.2) is 0 Å². The largest absolute Gasteiger partial charge is 0.301 e. The molecule has 0 saturated carbocycles. The molecule has 12 heavy (non-hydrogen) atoms. The summed E-state index contributed by atoms with van der Waals surface area (Å²) in [5.74, 6) is 0.986. The van der Waals surface area contributed by atoms with Crippen molar-refractivity contribution < 1.29 is 0 Å². The number of likely N-dealkylation sites (tertiary alicyclic amines) is 1. The van der Waals surface area contributed by atoms with E-state index in [0.29, 0.717) is 0 Å². The third-order valence-electron chi connectivity index (χ3n) is 3.25. The first kappa shape index (κ1) is 10.1. The minimum Gasteiger partial charge on any atom is -0.301 e. The average molecular weight is 167 g/mol. The molecule has 0 aromatic carbocycles. The molecule has 1 nitrogen and oxygen atoms in total. The highest BCUT2D eigenvalue weighted by atomic mass is 15.1. The smallest absolute Gasteiger partial charge is 0.136 e. The van der Waals surface area contributed by atoms with Crippen LogP contribution in [0, 0.1) is 0 Å². The number of nitrogens with zero attached hydrogens (tertiary/aromatic N) is 1. The summed E-state index contributed by atoms with van der Waals surface area (Å²) in [6.07, 6.45) is 2.83. The molecule has 2 heteroatoms. The molecule has 0 atom stereocenters. The molecule has 1 heterocycles. The second-order valence-electron chi connectivity index (χ2n) is 4.71. The van der Waals surface area contributed by atoms with Gasteiger partial charge in [-0.15, -0.1) is 0 Å². The highest BCUT2D eigenvalue weighted by molar-refractivity contribution is 6.57. The summed E-state index contributed by atoms with van der Waals surface area (Å²) in [5, 5.41) is 0. The van der Waals surface area contributed by atoms with Crippen molar-refractivity contribution >= 4 is 6.71 Å². The molecule has 1 saturated heterocycles. The van der Waals surface area contributed by atoms with Crippen LogP contribution in [0.15, 0.2) is 0 Å². The van der Waals surface area contributed by atoms with Crippen molar-refractivity contribution in [3.8, 4) is 0 Å². The molecule has 0 unspecified atom stereocenters. The molecule has 0 radical (unpaired) electrons. The van der Waals surface area contributed by atoms with Crippen LogP contribution in [-0.4, -0.2) is 30.7 Å². The molecule has 0 spiro atoms. The molecule has 0 bridgehead atoms. The SMILES string of the molecule is CB(C)C1CCN(C(C)C)CC1. The standard InChI is InChI=1S/C10H22BN/c1-9(2)12-7-5-10(6-8-12)11(3)4/h9-10H,5-8H2,1-4H3. The Labute approximate surface area is 77.6 Å². The fraction of sp³-hybridized carbons (Fsp3) is 1.00. The van der Waals surface area contributed by atoms with Crippen molar-refractivity contribution in [3.63, 3.8) is 0 Å². The summed E-state index contributed by atoms with van der Waals surface area (Å²) in [6.45, 7) is 12.8. The van der Waals surface area contributed by atoms with Crippen LogP contribution in [0.3, 0.4) is 0 Å². The van der Waals surface area contributed by atoms with E-state index < -0.39 is 0 Å². The molecular formula is C10H22BN. The predicted octanol–water partition coefficient (Wildman–Crippen LogP) is 2.62. The predicted molar refractivity (Wildman–Crippen MR) is 57.2 cm³/mol. The van der Waals surface area contributed by atoms with Crippen LogP contribution in [0.1, 0.15) is 26.7 Å². The van der Waals surface area contributed by atoms with Gasteiger partial charge in [-0.25, -0.2) is 0 Å². The monoisotopic (exact) mass is 167 g/mol. The van der Waals surface area contributed by atoms with Gasteiger partial charge in [-0.2, -0.15) is 0 Å². The van der Waals surface area contributed by atoms with E-state index in [0.717, 1.165) is 18.6 Å². The molecule has 1 aliphatic heterocycles. The van der Waals surface area contributed by atoms with Crippen molar-refractivity contribution in [1.82, 2.24) is 4.90 Å². The average Bonchev–Trinajstić information content (AvgIpc) is 2.04. The normalized spacial score (nSPS) is 21.8. The fourth-order valence-electron chi connectivity index (χ4n) is 2.10. The number of piperidine rings is 1. The van der Waals surface area contributed by atoms with E-state index in [1.807, 2.05) is 0 Å². The van der Waals surface area contributed by atoms with Gasteiger partial charge in [-0.05, 0) is 39.8 Å². The van der Waals surface area contributed by atoms with Gasteiger partial charge in [0.1, 0.15) is 6.71 Å². The van der Waals surface area contributed by atoms with Gasteiger partial charge in [0.05, 0.1) is 0 Å². The van der Waals surface area contributed by atoms with Crippen molar-refractivity contribution in [2.45, 2.75) is 52.2 Å². The zero-order valence-electron chi connectivity index (χ0n) is 9.01. The lowest BCUT2D eigenvalue weighted by molar-refractivity contribution is 0.184. The van der Waals surface area contributed by atoms with E-state index in [9.17, 15) is 0 Å². The minimum absolute atomic E-state index is 0.748. The summed E-state index contributed by atoms with van der Waals surface area (Å²) in [6, 6.07) is 0.748. The Morgan fingerprint density at radius 3 is 2.00 bits per heavy atom. The van der Waals surface area contributed by atoms with Gasteiger partial charge in [0, 0.05) is 6.04 Å². The summed E-state index contributed by atoms with van der Waals surface area (Å²) in [7, 11) is 0. The third kappa shape index (κ3) is 2.51. The second-order valence-corrected chi connectivity index (χ2v) is 4.71. The van der Waals surface area contributed by atoms with E-state index in [2.05, 4.69) is 32.4 Å². The molecule has 0 N–H and O–H groups in total. The van der Waals surface area contributed by atoms with E-state index >= 15 is 0 Å². The minimum atomic E-state index is 0.748. The zero-order chi connectivity index (χ0) is 9.14. The van der Waals surface area contributed by atoms with Gasteiger partial charge >= 0.3 is 0 Å². The molecule has 0 amide bonds. The van der Waals surface area contributed by atoms with Crippen LogP contribution in [0.4, 0.5) is 0 Å². The first-order valence-electron chi connectivity index (χ1n) is 5.35. The van der Waals surface area contributed by atoms with Crippen molar-refractivity contribution in [1.29, 1.82) is 0 Å². The van der Waals surface area contributed by atoms with Crippen LogP contribution in [0.5, 0.6) is 0 Å². The van der Waals surface area contributed by atoms with Gasteiger partial charge in [-0.3, -0.25) is 0 Å². The first-order valence-corrected chi connectivity index (χ1v) is 5.35. The molecule has 0 aliphatic carbocycles. The maximum atomic E-state index is 2.60. The quantitative estimate of drug-likeness (QED) is 0.571. The van der Waals surface area contributed by atoms with E-state index in [1.165, 1.54) is 25.9 Å². The molecular weight excluding hydrogens is 145 g/mol. The summed E-state index contributed by atoms with van der Waals surface area (Å²) >= 11 is 0. The van der Waals surface area contributed by atoms with Crippen LogP contribution >= 0.6 is 0 Å². The fourth-order valence-corrected chi connectivity index (χ4v) is 2.10. The van der Waals surface area contributed by atoms with Gasteiger partial charge < -0.3 is 4.90 Å². The van der Waals surface area contributed by atoms with Crippen molar-refractivity contribution in [3.05, 3.63) is 0 Å². The lowest BCUT2D eigenvalue weighted by atomic mass is 9.43. The summed E-state index contributed by atoms with van der Waals surface area (Å²) in [4.78, 5) is 2.60. The molecule has 1 rings (SSSR count). The summed E-state index contributed by atoms with van der Waals surface area (Å²) < 4.78 is 0. The number of hydrogen-bond acceptors (Lipinski definition) is 1. The number of rotatable bonds is 2. The molecule has 1 aliphatic rings. The molecule has 0 aromatic heterocycles. The Morgan fingerprint density at radius 2 is 1.67 bits per heavy atom. The van der Waals surface area contributed by atoms with E-state index in [-0.39, 0.29) is 0 Å². The lowest BCUT2D eigenvalue weighted by Gasteiger charge is -2.35.